The Balaban J connectivity index is -0.000000112. The maximum absolute atomic E-state index is 9.59. The number of hydrogen-bond donors (Lipinski definition) is 2. The summed E-state index contributed by atoms with van der Waals surface area (Å²) in [5.41, 5.74) is 0. The van der Waals surface area contributed by atoms with Gasteiger partial charge in [0, 0.05) is 6.92 Å². The molecule has 0 saturated carbocycles. The van der Waals surface area contributed by atoms with E-state index in [4.69, 9.17) is 10.2 Å². The predicted octanol–water partition coefficient (Wildman–Crippen LogP) is 0.341. The van der Waals surface area contributed by atoms with Crippen molar-refractivity contribution in [3.8, 4) is 0 Å². The fourth-order valence-corrected chi connectivity index (χ4v) is 0. The Kier molecular flexibility index (Phi) is 23.9. The van der Waals surface area contributed by atoms with Gasteiger partial charge < -0.3 is 14.9 Å². The molecule has 0 aromatic heterocycles. The van der Waals surface area contributed by atoms with Crippen LogP contribution in [0.3, 0.4) is 0 Å². The van der Waals surface area contributed by atoms with E-state index in [2.05, 4.69) is 17.9 Å². The molecule has 0 radical (unpaired) electrons. The number of carbonyl (C=O) groups excluding carboxylic acids is 1. The summed E-state index contributed by atoms with van der Waals surface area (Å²) in [7, 11) is 1.35. The molecule has 4 heteroatoms. The highest BCUT2D eigenvalue weighted by atomic mass is 16.5. The number of aliphatic hydroxyl groups is 2. The second kappa shape index (κ2) is 16.6. The number of hydrogen-bond acceptors (Lipinski definition) is 4. The fraction of sp³-hybridized carbons (Fsp3) is 0.625. The van der Waals surface area contributed by atoms with Gasteiger partial charge in [0.1, 0.15) is 0 Å². The van der Waals surface area contributed by atoms with Crippen LogP contribution in [-0.2, 0) is 9.53 Å². The molecule has 1 atom stereocenters. The third-order valence-corrected chi connectivity index (χ3v) is 0.552. The highest BCUT2D eigenvalue weighted by molar-refractivity contribution is 5.65. The van der Waals surface area contributed by atoms with Crippen molar-refractivity contribution >= 4 is 5.97 Å². The van der Waals surface area contributed by atoms with Crippen LogP contribution in [0.1, 0.15) is 13.8 Å². The van der Waals surface area contributed by atoms with Crippen molar-refractivity contribution in [1.29, 1.82) is 0 Å². The lowest BCUT2D eigenvalue weighted by Gasteiger charge is -1.90. The smallest absolute Gasteiger partial charge is 0.302 e. The zero-order valence-corrected chi connectivity index (χ0v) is 7.91. The number of methoxy groups -OCH3 is 1. The topological polar surface area (TPSA) is 66.8 Å². The molecule has 0 bridgehead atoms. The van der Waals surface area contributed by atoms with Gasteiger partial charge in [-0.3, -0.25) is 4.79 Å². The second-order valence-corrected chi connectivity index (χ2v) is 1.73. The van der Waals surface area contributed by atoms with Gasteiger partial charge in [-0.2, -0.15) is 0 Å². The van der Waals surface area contributed by atoms with Gasteiger partial charge in [0.25, 0.3) is 0 Å². The van der Waals surface area contributed by atoms with Crippen molar-refractivity contribution in [2.75, 3.05) is 13.7 Å². The predicted molar refractivity (Wildman–Crippen MR) is 47.7 cm³/mol. The monoisotopic (exact) mass is 178 g/mol. The largest absolute Gasteiger partial charge is 0.469 e. The molecule has 0 aliphatic carbocycles. The summed E-state index contributed by atoms with van der Waals surface area (Å²) in [5, 5.41) is 16.0. The van der Waals surface area contributed by atoms with E-state index in [1.54, 1.807) is 0 Å². The van der Waals surface area contributed by atoms with Gasteiger partial charge in [-0.15, -0.1) is 13.2 Å². The van der Waals surface area contributed by atoms with Gasteiger partial charge in [-0.05, 0) is 6.92 Å². The molecule has 0 rings (SSSR count). The molecule has 74 valence electrons. The minimum atomic E-state index is -0.560. The van der Waals surface area contributed by atoms with E-state index in [-0.39, 0.29) is 12.6 Å². The number of carbonyl (C=O) groups is 1. The Bertz CT molecular complexity index is 91.1. The molecule has 0 aliphatic rings. The molecule has 1 unspecified atom stereocenters. The van der Waals surface area contributed by atoms with E-state index < -0.39 is 6.10 Å². The van der Waals surface area contributed by atoms with Gasteiger partial charge in [0.05, 0.1) is 19.8 Å². The third kappa shape index (κ3) is 61.6. The van der Waals surface area contributed by atoms with E-state index in [0.29, 0.717) is 0 Å². The Morgan fingerprint density at radius 1 is 1.58 bits per heavy atom. The lowest BCUT2D eigenvalue weighted by Crippen LogP contribution is -2.03. The summed E-state index contributed by atoms with van der Waals surface area (Å²) < 4.78 is 4.11. The summed E-state index contributed by atoms with van der Waals surface area (Å²) in [6.45, 7) is 8.75. The zero-order chi connectivity index (χ0) is 10.6. The van der Waals surface area contributed by atoms with Gasteiger partial charge in [0.15, 0.2) is 0 Å². The molecule has 4 nitrogen and oxygen atoms in total. The minimum Gasteiger partial charge on any atom is -0.469 e. The average molecular weight is 178 g/mol. The molecular weight excluding hydrogens is 160 g/mol. The van der Waals surface area contributed by atoms with Gasteiger partial charge in [-0.25, -0.2) is 0 Å². The first-order chi connectivity index (χ1) is 5.54. The standard InChI is InChI=1S/C3H6O2.C3H8O2.C2H4/c1-3(4)5-2;1-3(5)2-4;1-2/h1-2H3;3-5H,2H2,1H3;1-2H2. The quantitative estimate of drug-likeness (QED) is 0.449. The lowest BCUT2D eigenvalue weighted by molar-refractivity contribution is -0.137. The number of aliphatic hydroxyl groups excluding tert-OH is 2. The first-order valence-corrected chi connectivity index (χ1v) is 3.38. The van der Waals surface area contributed by atoms with Crippen molar-refractivity contribution in [2.45, 2.75) is 20.0 Å². The van der Waals surface area contributed by atoms with Crippen LogP contribution in [0.4, 0.5) is 0 Å². The number of rotatable bonds is 1. The summed E-state index contributed by atoms with van der Waals surface area (Å²) in [4.78, 5) is 9.59. The van der Waals surface area contributed by atoms with Crippen LogP contribution < -0.4 is 0 Å². The van der Waals surface area contributed by atoms with Crippen LogP contribution in [0.15, 0.2) is 13.2 Å². The van der Waals surface area contributed by atoms with Crippen LogP contribution in [0.5, 0.6) is 0 Å². The Hall–Kier alpha value is -0.870. The fourth-order valence-electron chi connectivity index (χ4n) is 0. The molecule has 0 aliphatic heterocycles. The first-order valence-electron chi connectivity index (χ1n) is 3.38. The molecule has 12 heavy (non-hydrogen) atoms. The maximum atomic E-state index is 9.59. The van der Waals surface area contributed by atoms with Crippen LogP contribution in [0.2, 0.25) is 0 Å². The molecule has 2 N–H and O–H groups in total. The van der Waals surface area contributed by atoms with Crippen LogP contribution in [-0.4, -0.2) is 36.0 Å². The van der Waals surface area contributed by atoms with Crippen molar-refractivity contribution < 1.29 is 19.7 Å². The van der Waals surface area contributed by atoms with Gasteiger partial charge in [0.2, 0.25) is 0 Å². The second-order valence-electron chi connectivity index (χ2n) is 1.73. The van der Waals surface area contributed by atoms with E-state index >= 15 is 0 Å². The normalized spacial score (nSPS) is 9.42. The van der Waals surface area contributed by atoms with Crippen LogP contribution in [0.25, 0.3) is 0 Å². The Morgan fingerprint density at radius 3 is 1.75 bits per heavy atom. The highest BCUT2D eigenvalue weighted by Gasteiger charge is 1.83. The first kappa shape index (κ1) is 17.3. The van der Waals surface area contributed by atoms with E-state index in [9.17, 15) is 4.79 Å². The van der Waals surface area contributed by atoms with Crippen molar-refractivity contribution in [1.82, 2.24) is 0 Å². The lowest BCUT2D eigenvalue weighted by atomic mass is 10.5. The SMILES string of the molecule is C=C.CC(O)CO.COC(C)=O. The van der Waals surface area contributed by atoms with Crippen molar-refractivity contribution in [3.05, 3.63) is 13.2 Å². The summed E-state index contributed by atoms with van der Waals surface area (Å²) in [5.74, 6) is -0.245. The molecule has 0 fully saturated rings. The van der Waals surface area contributed by atoms with E-state index in [1.165, 1.54) is 21.0 Å². The number of esters is 1. The Morgan fingerprint density at radius 2 is 1.75 bits per heavy atom. The summed E-state index contributed by atoms with van der Waals surface area (Å²) >= 11 is 0. The third-order valence-electron chi connectivity index (χ3n) is 0.552. The maximum Gasteiger partial charge on any atom is 0.302 e. The van der Waals surface area contributed by atoms with E-state index in [0.717, 1.165) is 0 Å². The summed E-state index contributed by atoms with van der Waals surface area (Å²) in [6, 6.07) is 0. The molecule has 0 amide bonds. The molecule has 0 heterocycles. The average Bonchev–Trinajstić information content (AvgIpc) is 2.09. The molecule has 0 spiro atoms. The Labute approximate surface area is 73.5 Å². The van der Waals surface area contributed by atoms with Crippen LogP contribution in [0, 0.1) is 0 Å². The van der Waals surface area contributed by atoms with Gasteiger partial charge in [-0.1, -0.05) is 0 Å². The van der Waals surface area contributed by atoms with Gasteiger partial charge >= 0.3 is 5.97 Å². The number of ether oxygens (including phenoxy) is 1. The molecule has 0 aromatic rings. The molecule has 0 aromatic carbocycles. The summed E-state index contributed by atoms with van der Waals surface area (Å²) in [6.07, 6.45) is -0.560. The van der Waals surface area contributed by atoms with E-state index in [1.807, 2.05) is 0 Å². The van der Waals surface area contributed by atoms with Crippen molar-refractivity contribution in [3.63, 3.8) is 0 Å². The highest BCUT2D eigenvalue weighted by Crippen LogP contribution is 1.68. The molecule has 0 saturated heterocycles. The van der Waals surface area contributed by atoms with Crippen LogP contribution >= 0.6 is 0 Å². The zero-order valence-electron chi connectivity index (χ0n) is 7.91. The molecular formula is C8H18O4. The van der Waals surface area contributed by atoms with Crippen molar-refractivity contribution in [2.24, 2.45) is 0 Å². The minimum absolute atomic E-state index is 0.139.